The summed E-state index contributed by atoms with van der Waals surface area (Å²) in [6.07, 6.45) is 0.529. The summed E-state index contributed by atoms with van der Waals surface area (Å²) in [5.74, 6) is -0.811. The average Bonchev–Trinajstić information content (AvgIpc) is 2.97. The number of aliphatic carboxylic acids is 1. The number of rotatable bonds is 5. The van der Waals surface area contributed by atoms with Crippen molar-refractivity contribution in [2.75, 3.05) is 0 Å². The van der Waals surface area contributed by atoms with Gasteiger partial charge in [0.25, 0.3) is 0 Å². The maximum atomic E-state index is 11.0. The zero-order valence-corrected chi connectivity index (χ0v) is 15.2. The molecule has 3 rings (SSSR count). The van der Waals surface area contributed by atoms with Crippen LogP contribution >= 0.6 is 23.2 Å². The summed E-state index contributed by atoms with van der Waals surface area (Å²) in [7, 11) is 0. The third kappa shape index (κ3) is 3.89. The Morgan fingerprint density at radius 1 is 1.00 bits per heavy atom. The van der Waals surface area contributed by atoms with Gasteiger partial charge in [-0.05, 0) is 66.9 Å². The maximum absolute atomic E-state index is 11.0. The van der Waals surface area contributed by atoms with Gasteiger partial charge >= 0.3 is 5.97 Å². The molecule has 0 aliphatic rings. The molecule has 128 valence electrons. The molecule has 0 bridgehead atoms. The minimum absolute atomic E-state index is 0.0801. The van der Waals surface area contributed by atoms with Crippen LogP contribution in [0.5, 0.6) is 0 Å². The molecule has 0 radical (unpaired) electrons. The Balaban J connectivity index is 2.15. The first-order chi connectivity index (χ1) is 12.0. The summed E-state index contributed by atoms with van der Waals surface area (Å²) in [5, 5.41) is 10.4. The van der Waals surface area contributed by atoms with Gasteiger partial charge in [-0.25, -0.2) is 0 Å². The van der Waals surface area contributed by atoms with E-state index in [0.29, 0.717) is 16.5 Å². The van der Waals surface area contributed by atoms with E-state index >= 15 is 0 Å². The molecule has 3 nitrogen and oxygen atoms in total. The van der Waals surface area contributed by atoms with Gasteiger partial charge in [0.2, 0.25) is 0 Å². The normalized spacial score (nSPS) is 10.8. The number of carboxylic acid groups (broad SMARTS) is 1. The number of benzene rings is 2. The fraction of sp³-hybridized carbons (Fsp3) is 0.150. The highest BCUT2D eigenvalue weighted by molar-refractivity contribution is 6.31. The third-order valence-electron chi connectivity index (χ3n) is 4.10. The van der Waals surface area contributed by atoms with Gasteiger partial charge < -0.3 is 9.67 Å². The van der Waals surface area contributed by atoms with E-state index in [0.717, 1.165) is 28.2 Å². The van der Waals surface area contributed by atoms with Crippen LogP contribution in [0.2, 0.25) is 10.0 Å². The first kappa shape index (κ1) is 17.6. The minimum atomic E-state index is -0.811. The van der Waals surface area contributed by atoms with Crippen LogP contribution in [0.3, 0.4) is 0 Å². The number of aryl methyl sites for hydroxylation is 2. The predicted octanol–water partition coefficient (Wildman–Crippen LogP) is 5.78. The topological polar surface area (TPSA) is 42.2 Å². The van der Waals surface area contributed by atoms with Crippen LogP contribution < -0.4 is 0 Å². The van der Waals surface area contributed by atoms with Crippen molar-refractivity contribution in [1.29, 1.82) is 0 Å². The zero-order valence-electron chi connectivity index (χ0n) is 13.7. The number of carbonyl (C=O) groups is 1. The van der Waals surface area contributed by atoms with Gasteiger partial charge in [0.05, 0.1) is 12.1 Å². The first-order valence-corrected chi connectivity index (χ1v) is 8.66. The van der Waals surface area contributed by atoms with Gasteiger partial charge in [0.15, 0.2) is 0 Å². The lowest BCUT2D eigenvalue weighted by Crippen LogP contribution is -2.06. The van der Waals surface area contributed by atoms with Gasteiger partial charge in [-0.2, -0.15) is 0 Å². The summed E-state index contributed by atoms with van der Waals surface area (Å²) >= 11 is 12.1. The number of hydrogen-bond donors (Lipinski definition) is 1. The fourth-order valence-electron chi connectivity index (χ4n) is 2.91. The number of halogens is 2. The number of hydrogen-bond acceptors (Lipinski definition) is 1. The lowest BCUT2D eigenvalue weighted by atomic mass is 10.1. The number of carboxylic acids is 1. The summed E-state index contributed by atoms with van der Waals surface area (Å²) in [4.78, 5) is 11.0. The molecule has 1 aromatic heterocycles. The fourth-order valence-corrected chi connectivity index (χ4v) is 3.26. The Hall–Kier alpha value is -2.23. The SMILES string of the molecule is Cc1cc(Cl)ccc1-n1c(CCC(=O)O)ccc1-c1ccc(Cl)cc1. The van der Waals surface area contributed by atoms with E-state index in [2.05, 4.69) is 4.57 Å². The van der Waals surface area contributed by atoms with E-state index in [-0.39, 0.29) is 6.42 Å². The summed E-state index contributed by atoms with van der Waals surface area (Å²) in [6, 6.07) is 17.3. The molecule has 0 amide bonds. The second-order valence-corrected chi connectivity index (χ2v) is 6.75. The van der Waals surface area contributed by atoms with Crippen molar-refractivity contribution in [3.63, 3.8) is 0 Å². The van der Waals surface area contributed by atoms with Crippen LogP contribution in [0.25, 0.3) is 16.9 Å². The van der Waals surface area contributed by atoms with Gasteiger partial charge in [-0.3, -0.25) is 4.79 Å². The highest BCUT2D eigenvalue weighted by Gasteiger charge is 2.15. The summed E-state index contributed by atoms with van der Waals surface area (Å²) in [6.45, 7) is 1.99. The highest BCUT2D eigenvalue weighted by atomic mass is 35.5. The lowest BCUT2D eigenvalue weighted by Gasteiger charge is -2.16. The molecule has 3 aromatic rings. The Morgan fingerprint density at radius 3 is 2.32 bits per heavy atom. The van der Waals surface area contributed by atoms with Crippen molar-refractivity contribution in [3.8, 4) is 16.9 Å². The molecule has 0 fully saturated rings. The Bertz CT molecular complexity index is 914. The molecule has 0 saturated heterocycles. The molecular weight excluding hydrogens is 357 g/mol. The van der Waals surface area contributed by atoms with E-state index in [1.165, 1.54) is 0 Å². The van der Waals surface area contributed by atoms with Gasteiger partial charge in [-0.1, -0.05) is 35.3 Å². The van der Waals surface area contributed by atoms with Crippen molar-refractivity contribution in [2.24, 2.45) is 0 Å². The van der Waals surface area contributed by atoms with E-state index in [9.17, 15) is 4.79 Å². The van der Waals surface area contributed by atoms with Crippen molar-refractivity contribution >= 4 is 29.2 Å². The summed E-state index contributed by atoms with van der Waals surface area (Å²) in [5.41, 5.74) is 4.95. The average molecular weight is 374 g/mol. The third-order valence-corrected chi connectivity index (χ3v) is 4.58. The van der Waals surface area contributed by atoms with E-state index < -0.39 is 5.97 Å². The first-order valence-electron chi connectivity index (χ1n) is 7.90. The van der Waals surface area contributed by atoms with Gasteiger partial charge in [-0.15, -0.1) is 0 Å². The quantitative estimate of drug-likeness (QED) is 0.615. The number of nitrogens with zero attached hydrogens (tertiary/aromatic N) is 1. The second-order valence-electron chi connectivity index (χ2n) is 5.88. The molecule has 5 heteroatoms. The smallest absolute Gasteiger partial charge is 0.303 e. The Labute approximate surface area is 156 Å². The van der Waals surface area contributed by atoms with E-state index in [4.69, 9.17) is 28.3 Å². The molecular formula is C20H17Cl2NO2. The molecule has 0 aliphatic carbocycles. The molecule has 0 aliphatic heterocycles. The van der Waals surface area contributed by atoms with Crippen LogP contribution in [-0.2, 0) is 11.2 Å². The predicted molar refractivity (Wildman–Crippen MR) is 102 cm³/mol. The number of aromatic nitrogens is 1. The van der Waals surface area contributed by atoms with Gasteiger partial charge in [0, 0.05) is 21.4 Å². The Morgan fingerprint density at radius 2 is 1.68 bits per heavy atom. The molecule has 0 unspecified atom stereocenters. The van der Waals surface area contributed by atoms with E-state index in [1.807, 2.05) is 61.5 Å². The minimum Gasteiger partial charge on any atom is -0.481 e. The molecule has 2 aromatic carbocycles. The molecule has 1 N–H and O–H groups in total. The van der Waals surface area contributed by atoms with Crippen LogP contribution in [0.15, 0.2) is 54.6 Å². The summed E-state index contributed by atoms with van der Waals surface area (Å²) < 4.78 is 2.10. The van der Waals surface area contributed by atoms with Crippen molar-refractivity contribution in [1.82, 2.24) is 4.57 Å². The zero-order chi connectivity index (χ0) is 18.0. The second kappa shape index (κ2) is 7.34. The molecule has 1 heterocycles. The largest absolute Gasteiger partial charge is 0.481 e. The highest BCUT2D eigenvalue weighted by Crippen LogP contribution is 2.30. The Kier molecular flexibility index (Phi) is 5.16. The van der Waals surface area contributed by atoms with E-state index in [1.54, 1.807) is 0 Å². The van der Waals surface area contributed by atoms with Crippen LogP contribution in [0.1, 0.15) is 17.7 Å². The maximum Gasteiger partial charge on any atom is 0.303 e. The van der Waals surface area contributed by atoms with Crippen molar-refractivity contribution in [3.05, 3.63) is 75.9 Å². The van der Waals surface area contributed by atoms with Crippen LogP contribution in [0.4, 0.5) is 0 Å². The molecule has 0 atom stereocenters. The monoisotopic (exact) mass is 373 g/mol. The molecule has 0 saturated carbocycles. The van der Waals surface area contributed by atoms with Crippen LogP contribution in [-0.4, -0.2) is 15.6 Å². The van der Waals surface area contributed by atoms with Crippen LogP contribution in [0, 0.1) is 6.92 Å². The van der Waals surface area contributed by atoms with Crippen molar-refractivity contribution < 1.29 is 9.90 Å². The van der Waals surface area contributed by atoms with Crippen molar-refractivity contribution in [2.45, 2.75) is 19.8 Å². The molecule has 25 heavy (non-hydrogen) atoms. The lowest BCUT2D eigenvalue weighted by molar-refractivity contribution is -0.136. The van der Waals surface area contributed by atoms with Gasteiger partial charge in [0.1, 0.15) is 0 Å². The molecule has 0 spiro atoms. The standard InChI is InChI=1S/C20H17Cl2NO2/c1-13-12-16(22)6-9-18(13)23-17(8-11-20(24)25)7-10-19(23)14-2-4-15(21)5-3-14/h2-7,9-10,12H,8,11H2,1H3,(H,24,25).